The van der Waals surface area contributed by atoms with Gasteiger partial charge in [0.1, 0.15) is 0 Å². The molecule has 2 unspecified atom stereocenters. The Balaban J connectivity index is 0.00000180. The van der Waals surface area contributed by atoms with Gasteiger partial charge in [0, 0.05) is 25.2 Å². The number of guanidine groups is 1. The summed E-state index contributed by atoms with van der Waals surface area (Å²) in [5, 5.41) is 6.83. The molecule has 19 heavy (non-hydrogen) atoms. The van der Waals surface area contributed by atoms with Gasteiger partial charge in [-0.1, -0.05) is 13.8 Å². The number of hydrogen-bond acceptors (Lipinski definition) is 2. The summed E-state index contributed by atoms with van der Waals surface area (Å²) in [6.45, 7) is 10.7. The third-order valence-corrected chi connectivity index (χ3v) is 3.90. The second-order valence-corrected chi connectivity index (χ2v) is 5.58. The average Bonchev–Trinajstić information content (AvgIpc) is 3.24. The second kappa shape index (κ2) is 8.29. The molecule has 0 heterocycles. The predicted molar refractivity (Wildman–Crippen MR) is 92.4 cm³/mol. The van der Waals surface area contributed by atoms with Crippen LogP contribution in [0.15, 0.2) is 4.99 Å². The fraction of sp³-hybridized carbons (Fsp3) is 0.929. The SMILES string of the molecule is CCNC(=NCCN(CC)C1CC1)NC1CC1C.I. The summed E-state index contributed by atoms with van der Waals surface area (Å²) in [6, 6.07) is 1.50. The molecule has 0 aromatic heterocycles. The van der Waals surface area contributed by atoms with Crippen LogP contribution in [-0.4, -0.2) is 49.1 Å². The van der Waals surface area contributed by atoms with Gasteiger partial charge in [-0.15, -0.1) is 24.0 Å². The number of aliphatic imine (C=N–C) groups is 1. The van der Waals surface area contributed by atoms with Gasteiger partial charge < -0.3 is 10.6 Å². The van der Waals surface area contributed by atoms with E-state index in [-0.39, 0.29) is 24.0 Å². The molecule has 2 atom stereocenters. The van der Waals surface area contributed by atoms with Gasteiger partial charge in [0.15, 0.2) is 5.96 Å². The minimum absolute atomic E-state index is 0. The fourth-order valence-electron chi connectivity index (χ4n) is 2.35. The van der Waals surface area contributed by atoms with Crippen LogP contribution in [-0.2, 0) is 0 Å². The zero-order valence-corrected chi connectivity index (χ0v) is 14.8. The molecule has 0 aromatic rings. The topological polar surface area (TPSA) is 39.7 Å². The lowest BCUT2D eigenvalue weighted by atomic mass is 10.4. The largest absolute Gasteiger partial charge is 0.357 e. The lowest BCUT2D eigenvalue weighted by Crippen LogP contribution is -2.39. The molecule has 2 aliphatic rings. The van der Waals surface area contributed by atoms with Crippen LogP contribution in [0.25, 0.3) is 0 Å². The van der Waals surface area contributed by atoms with Crippen LogP contribution in [0, 0.1) is 5.92 Å². The summed E-state index contributed by atoms with van der Waals surface area (Å²) in [5.41, 5.74) is 0. The van der Waals surface area contributed by atoms with Crippen LogP contribution < -0.4 is 10.6 Å². The average molecular weight is 380 g/mol. The lowest BCUT2D eigenvalue weighted by molar-refractivity contribution is 0.286. The van der Waals surface area contributed by atoms with Crippen molar-refractivity contribution >= 4 is 29.9 Å². The lowest BCUT2D eigenvalue weighted by Gasteiger charge is -2.18. The summed E-state index contributed by atoms with van der Waals surface area (Å²) in [6.07, 6.45) is 4.05. The Morgan fingerprint density at radius 3 is 2.47 bits per heavy atom. The first kappa shape index (κ1) is 17.0. The molecule has 0 radical (unpaired) electrons. The van der Waals surface area contributed by atoms with E-state index in [1.54, 1.807) is 0 Å². The van der Waals surface area contributed by atoms with Gasteiger partial charge in [-0.05, 0) is 38.6 Å². The summed E-state index contributed by atoms with van der Waals surface area (Å²) in [5.74, 6) is 1.81. The van der Waals surface area contributed by atoms with Crippen molar-refractivity contribution in [2.75, 3.05) is 26.2 Å². The number of rotatable bonds is 7. The van der Waals surface area contributed by atoms with E-state index >= 15 is 0 Å². The van der Waals surface area contributed by atoms with E-state index in [0.29, 0.717) is 6.04 Å². The normalized spacial score (nSPS) is 26.0. The number of nitrogens with zero attached hydrogens (tertiary/aromatic N) is 2. The molecular weight excluding hydrogens is 351 g/mol. The van der Waals surface area contributed by atoms with E-state index < -0.39 is 0 Å². The Labute approximate surface area is 134 Å². The monoisotopic (exact) mass is 380 g/mol. The molecule has 5 heteroatoms. The second-order valence-electron chi connectivity index (χ2n) is 5.58. The van der Waals surface area contributed by atoms with E-state index in [1.165, 1.54) is 19.3 Å². The van der Waals surface area contributed by atoms with Gasteiger partial charge in [-0.3, -0.25) is 9.89 Å². The molecule has 2 saturated carbocycles. The van der Waals surface area contributed by atoms with Gasteiger partial charge in [0.25, 0.3) is 0 Å². The maximum absolute atomic E-state index is 4.68. The van der Waals surface area contributed by atoms with Crippen molar-refractivity contribution < 1.29 is 0 Å². The van der Waals surface area contributed by atoms with E-state index in [4.69, 9.17) is 0 Å². The third-order valence-electron chi connectivity index (χ3n) is 3.90. The Morgan fingerprint density at radius 1 is 1.32 bits per heavy atom. The molecule has 2 aliphatic carbocycles. The van der Waals surface area contributed by atoms with Gasteiger partial charge in [-0.2, -0.15) is 0 Å². The standard InChI is InChI=1S/C14H28N4.HI/c1-4-15-14(17-13-10-11(13)3)16-8-9-18(5-2)12-6-7-12;/h11-13H,4-10H2,1-3H3,(H2,15,16,17);1H. The van der Waals surface area contributed by atoms with Crippen molar-refractivity contribution in [3.8, 4) is 0 Å². The van der Waals surface area contributed by atoms with Crippen molar-refractivity contribution in [3.63, 3.8) is 0 Å². The highest BCUT2D eigenvalue weighted by Crippen LogP contribution is 2.28. The molecule has 0 amide bonds. The first-order valence-electron chi connectivity index (χ1n) is 7.53. The molecule has 2 N–H and O–H groups in total. The highest BCUT2D eigenvalue weighted by atomic mass is 127. The number of likely N-dealkylation sites (N-methyl/N-ethyl adjacent to an activating group) is 1. The zero-order valence-electron chi connectivity index (χ0n) is 12.5. The fourth-order valence-corrected chi connectivity index (χ4v) is 2.35. The Kier molecular flexibility index (Phi) is 7.42. The summed E-state index contributed by atoms with van der Waals surface area (Å²) in [7, 11) is 0. The quantitative estimate of drug-likeness (QED) is 0.404. The minimum atomic E-state index is 0. The predicted octanol–water partition coefficient (Wildman–Crippen LogP) is 2.05. The zero-order chi connectivity index (χ0) is 13.0. The first-order valence-corrected chi connectivity index (χ1v) is 7.53. The van der Waals surface area contributed by atoms with Crippen LogP contribution in [0.3, 0.4) is 0 Å². The maximum atomic E-state index is 4.68. The molecule has 0 saturated heterocycles. The van der Waals surface area contributed by atoms with Crippen molar-refractivity contribution in [1.82, 2.24) is 15.5 Å². The molecule has 2 rings (SSSR count). The highest BCUT2D eigenvalue weighted by Gasteiger charge is 2.33. The minimum Gasteiger partial charge on any atom is -0.357 e. The third kappa shape index (κ3) is 5.85. The van der Waals surface area contributed by atoms with Crippen LogP contribution in [0.2, 0.25) is 0 Å². The Morgan fingerprint density at radius 2 is 2.00 bits per heavy atom. The summed E-state index contributed by atoms with van der Waals surface area (Å²) in [4.78, 5) is 7.23. The van der Waals surface area contributed by atoms with Crippen LogP contribution in [0.5, 0.6) is 0 Å². The molecule has 0 spiro atoms. The molecule has 0 bridgehead atoms. The van der Waals surface area contributed by atoms with E-state index in [0.717, 1.165) is 44.1 Å². The van der Waals surface area contributed by atoms with Gasteiger partial charge >= 0.3 is 0 Å². The van der Waals surface area contributed by atoms with Gasteiger partial charge in [-0.25, -0.2) is 0 Å². The maximum Gasteiger partial charge on any atom is 0.191 e. The molecule has 0 aromatic carbocycles. The Hall–Kier alpha value is -0.0400. The highest BCUT2D eigenvalue weighted by molar-refractivity contribution is 14.0. The van der Waals surface area contributed by atoms with Gasteiger partial charge in [0.05, 0.1) is 6.54 Å². The van der Waals surface area contributed by atoms with Crippen molar-refractivity contribution in [2.24, 2.45) is 10.9 Å². The molecular formula is C14H29IN4. The molecule has 4 nitrogen and oxygen atoms in total. The number of halogens is 1. The van der Waals surface area contributed by atoms with Crippen molar-refractivity contribution in [1.29, 1.82) is 0 Å². The Bertz CT molecular complexity index is 291. The van der Waals surface area contributed by atoms with Gasteiger partial charge in [0.2, 0.25) is 0 Å². The van der Waals surface area contributed by atoms with Crippen LogP contribution in [0.4, 0.5) is 0 Å². The smallest absolute Gasteiger partial charge is 0.191 e. The van der Waals surface area contributed by atoms with Crippen molar-refractivity contribution in [3.05, 3.63) is 0 Å². The van der Waals surface area contributed by atoms with E-state index in [9.17, 15) is 0 Å². The molecule has 112 valence electrons. The molecule has 0 aliphatic heterocycles. The first-order chi connectivity index (χ1) is 8.74. The number of hydrogen-bond donors (Lipinski definition) is 2. The van der Waals surface area contributed by atoms with Crippen molar-refractivity contribution in [2.45, 2.75) is 52.1 Å². The molecule has 2 fully saturated rings. The number of nitrogens with one attached hydrogen (secondary N) is 2. The summed E-state index contributed by atoms with van der Waals surface area (Å²) < 4.78 is 0. The summed E-state index contributed by atoms with van der Waals surface area (Å²) >= 11 is 0. The van der Waals surface area contributed by atoms with E-state index in [2.05, 4.69) is 41.3 Å². The van der Waals surface area contributed by atoms with Crippen LogP contribution >= 0.6 is 24.0 Å². The van der Waals surface area contributed by atoms with E-state index in [1.807, 2.05) is 0 Å². The van der Waals surface area contributed by atoms with Crippen LogP contribution in [0.1, 0.15) is 40.0 Å².